The summed E-state index contributed by atoms with van der Waals surface area (Å²) in [5, 5.41) is 0. The number of ketones is 1. The van der Waals surface area contributed by atoms with Gasteiger partial charge in [0.1, 0.15) is 5.82 Å². The highest BCUT2D eigenvalue weighted by Crippen LogP contribution is 2.23. The van der Waals surface area contributed by atoms with Gasteiger partial charge in [0, 0.05) is 43.7 Å². The summed E-state index contributed by atoms with van der Waals surface area (Å²) in [4.78, 5) is 17.7. The van der Waals surface area contributed by atoms with E-state index >= 15 is 0 Å². The van der Waals surface area contributed by atoms with Crippen LogP contribution in [0, 0.1) is 0 Å². The predicted octanol–water partition coefficient (Wildman–Crippen LogP) is 0.946. The Kier molecular flexibility index (Phi) is 1.87. The van der Waals surface area contributed by atoms with Gasteiger partial charge in [-0.2, -0.15) is 0 Å². The minimum Gasteiger partial charge on any atom is -0.365 e. The van der Waals surface area contributed by atoms with Gasteiger partial charge in [-0.1, -0.05) is 0 Å². The smallest absolute Gasteiger partial charge is 0.157 e. The topological polar surface area (TPSA) is 38.1 Å². The molecule has 1 aliphatic carbocycles. The molecule has 2 heterocycles. The quantitative estimate of drug-likeness (QED) is 0.682. The summed E-state index contributed by atoms with van der Waals surface area (Å²) in [6.45, 7) is 2.80. The van der Waals surface area contributed by atoms with E-state index in [9.17, 15) is 4.79 Å². The maximum absolute atomic E-state index is 11.2. The molecule has 0 atom stereocenters. The van der Waals surface area contributed by atoms with Crippen LogP contribution >= 0.6 is 0 Å². The Morgan fingerprint density at radius 2 is 2.20 bits per heavy atom. The van der Waals surface area contributed by atoms with E-state index in [0.717, 1.165) is 31.9 Å². The standard InChI is InChI=1S/C11H13N3O/c15-10-2-1-9(7-10)14-6-5-13-4-3-12-11(13)8-14/h3-4,7H,1-2,5-6,8H2. The number of allylic oxidation sites excluding steroid dienone is 2. The highest BCUT2D eigenvalue weighted by atomic mass is 16.1. The lowest BCUT2D eigenvalue weighted by Crippen LogP contribution is -2.32. The number of aromatic nitrogens is 2. The largest absolute Gasteiger partial charge is 0.365 e. The van der Waals surface area contributed by atoms with Gasteiger partial charge in [0.05, 0.1) is 6.54 Å². The zero-order valence-electron chi connectivity index (χ0n) is 8.52. The van der Waals surface area contributed by atoms with Crippen LogP contribution in [0.15, 0.2) is 24.2 Å². The predicted molar refractivity (Wildman–Crippen MR) is 55.0 cm³/mol. The van der Waals surface area contributed by atoms with Gasteiger partial charge in [0.2, 0.25) is 0 Å². The normalized spacial score (nSPS) is 20.4. The summed E-state index contributed by atoms with van der Waals surface area (Å²) in [5.41, 5.74) is 1.19. The Balaban J connectivity index is 1.81. The summed E-state index contributed by atoms with van der Waals surface area (Å²) in [6, 6.07) is 0. The molecule has 2 aliphatic rings. The van der Waals surface area contributed by atoms with E-state index in [1.165, 1.54) is 5.70 Å². The van der Waals surface area contributed by atoms with Crippen LogP contribution in [-0.2, 0) is 17.9 Å². The molecule has 0 unspecified atom stereocenters. The van der Waals surface area contributed by atoms with Crippen molar-refractivity contribution in [2.24, 2.45) is 0 Å². The molecule has 1 aliphatic heterocycles. The summed E-state index contributed by atoms with van der Waals surface area (Å²) < 4.78 is 2.17. The molecule has 0 saturated heterocycles. The Labute approximate surface area is 88.2 Å². The molecule has 1 aromatic heterocycles. The van der Waals surface area contributed by atoms with Gasteiger partial charge in [0.25, 0.3) is 0 Å². The second-order valence-corrected chi connectivity index (χ2v) is 4.06. The molecule has 15 heavy (non-hydrogen) atoms. The van der Waals surface area contributed by atoms with Gasteiger partial charge in [-0.05, 0) is 6.42 Å². The number of fused-ring (bicyclic) bond motifs is 1. The van der Waals surface area contributed by atoms with Gasteiger partial charge in [-0.25, -0.2) is 4.98 Å². The number of hydrogen-bond donors (Lipinski definition) is 0. The van der Waals surface area contributed by atoms with Gasteiger partial charge < -0.3 is 9.47 Å². The molecular formula is C11H13N3O. The molecule has 0 N–H and O–H groups in total. The third-order valence-corrected chi connectivity index (χ3v) is 3.11. The summed E-state index contributed by atoms with van der Waals surface area (Å²) >= 11 is 0. The molecule has 0 spiro atoms. The minimum absolute atomic E-state index is 0.263. The summed E-state index contributed by atoms with van der Waals surface area (Å²) in [7, 11) is 0. The van der Waals surface area contributed by atoms with Crippen molar-refractivity contribution in [1.29, 1.82) is 0 Å². The van der Waals surface area contributed by atoms with Crippen molar-refractivity contribution in [1.82, 2.24) is 14.5 Å². The van der Waals surface area contributed by atoms with E-state index in [0.29, 0.717) is 6.42 Å². The van der Waals surface area contributed by atoms with Crippen LogP contribution in [0.3, 0.4) is 0 Å². The third kappa shape index (κ3) is 1.46. The Morgan fingerprint density at radius 3 is 3.00 bits per heavy atom. The van der Waals surface area contributed by atoms with Crippen molar-refractivity contribution in [2.45, 2.75) is 25.9 Å². The van der Waals surface area contributed by atoms with Crippen molar-refractivity contribution in [3.05, 3.63) is 30.0 Å². The van der Waals surface area contributed by atoms with E-state index in [4.69, 9.17) is 0 Å². The molecule has 1 aromatic rings. The number of rotatable bonds is 1. The molecule has 0 amide bonds. The first-order chi connectivity index (χ1) is 7.33. The van der Waals surface area contributed by atoms with Gasteiger partial charge in [0.15, 0.2) is 5.78 Å². The zero-order chi connectivity index (χ0) is 10.3. The average molecular weight is 203 g/mol. The fourth-order valence-electron chi connectivity index (χ4n) is 2.25. The van der Waals surface area contributed by atoms with E-state index in [1.807, 2.05) is 12.4 Å². The maximum Gasteiger partial charge on any atom is 0.157 e. The number of hydrogen-bond acceptors (Lipinski definition) is 3. The first-order valence-electron chi connectivity index (χ1n) is 5.31. The molecular weight excluding hydrogens is 190 g/mol. The van der Waals surface area contributed by atoms with E-state index < -0.39 is 0 Å². The van der Waals surface area contributed by atoms with Crippen molar-refractivity contribution >= 4 is 5.78 Å². The SMILES string of the molecule is O=C1C=C(N2CCn3ccnc3C2)CC1. The number of carbonyl (C=O) groups is 1. The van der Waals surface area contributed by atoms with Crippen molar-refractivity contribution < 1.29 is 4.79 Å². The molecule has 4 nitrogen and oxygen atoms in total. The molecule has 0 aromatic carbocycles. The van der Waals surface area contributed by atoms with Crippen LogP contribution < -0.4 is 0 Å². The zero-order valence-corrected chi connectivity index (χ0v) is 8.52. The van der Waals surface area contributed by atoms with Crippen LogP contribution in [0.4, 0.5) is 0 Å². The van der Waals surface area contributed by atoms with Gasteiger partial charge >= 0.3 is 0 Å². The first-order valence-corrected chi connectivity index (χ1v) is 5.31. The molecule has 78 valence electrons. The molecule has 0 saturated carbocycles. The second-order valence-electron chi connectivity index (χ2n) is 4.06. The van der Waals surface area contributed by atoms with E-state index in [1.54, 1.807) is 6.08 Å². The molecule has 3 rings (SSSR count). The van der Waals surface area contributed by atoms with Crippen LogP contribution in [0.1, 0.15) is 18.7 Å². The first kappa shape index (κ1) is 8.71. The lowest BCUT2D eigenvalue weighted by molar-refractivity contribution is -0.114. The average Bonchev–Trinajstić information content (AvgIpc) is 2.84. The van der Waals surface area contributed by atoms with Crippen LogP contribution in [0.25, 0.3) is 0 Å². The molecule has 0 radical (unpaired) electrons. The van der Waals surface area contributed by atoms with Crippen molar-refractivity contribution in [3.8, 4) is 0 Å². The van der Waals surface area contributed by atoms with Crippen LogP contribution in [-0.4, -0.2) is 26.8 Å². The Morgan fingerprint density at radius 1 is 1.27 bits per heavy atom. The molecule has 4 heteroatoms. The highest BCUT2D eigenvalue weighted by molar-refractivity contribution is 5.92. The fraction of sp³-hybridized carbons (Fsp3) is 0.455. The molecule has 0 fully saturated rings. The van der Waals surface area contributed by atoms with Crippen LogP contribution in [0.2, 0.25) is 0 Å². The molecule has 0 bridgehead atoms. The van der Waals surface area contributed by atoms with Gasteiger partial charge in [-0.15, -0.1) is 0 Å². The second kappa shape index (κ2) is 3.22. The number of imidazole rings is 1. The maximum atomic E-state index is 11.2. The Hall–Kier alpha value is -1.58. The summed E-state index contributed by atoms with van der Waals surface area (Å²) in [6.07, 6.45) is 7.23. The summed E-state index contributed by atoms with van der Waals surface area (Å²) in [5.74, 6) is 1.36. The van der Waals surface area contributed by atoms with Crippen molar-refractivity contribution in [3.63, 3.8) is 0 Å². The van der Waals surface area contributed by atoms with E-state index in [-0.39, 0.29) is 5.78 Å². The number of carbonyl (C=O) groups excluding carboxylic acids is 1. The fourth-order valence-corrected chi connectivity index (χ4v) is 2.25. The van der Waals surface area contributed by atoms with Crippen molar-refractivity contribution in [2.75, 3.05) is 6.54 Å². The van der Waals surface area contributed by atoms with Gasteiger partial charge in [-0.3, -0.25) is 4.79 Å². The lowest BCUT2D eigenvalue weighted by Gasteiger charge is -2.30. The monoisotopic (exact) mass is 203 g/mol. The third-order valence-electron chi connectivity index (χ3n) is 3.11. The van der Waals surface area contributed by atoms with E-state index in [2.05, 4.69) is 14.5 Å². The van der Waals surface area contributed by atoms with Crippen LogP contribution in [0.5, 0.6) is 0 Å². The highest BCUT2D eigenvalue weighted by Gasteiger charge is 2.22. The Bertz CT molecular complexity index is 433. The lowest BCUT2D eigenvalue weighted by atomic mass is 10.2. The minimum atomic E-state index is 0.263. The number of nitrogens with zero attached hydrogens (tertiary/aromatic N) is 3.